The lowest BCUT2D eigenvalue weighted by Gasteiger charge is -1.97. The molecule has 0 atom stereocenters. The Kier molecular flexibility index (Phi) is 3.12. The molecule has 4 heteroatoms. The second kappa shape index (κ2) is 3.49. The van der Waals surface area contributed by atoms with Crippen molar-refractivity contribution in [3.63, 3.8) is 0 Å². The van der Waals surface area contributed by atoms with Gasteiger partial charge in [0.1, 0.15) is 5.82 Å². The van der Waals surface area contributed by atoms with Crippen molar-refractivity contribution in [3.8, 4) is 0 Å². The molecule has 0 unspecified atom stereocenters. The van der Waals surface area contributed by atoms with E-state index in [-0.39, 0.29) is 5.82 Å². The van der Waals surface area contributed by atoms with Crippen LogP contribution in [0, 0.1) is 9.39 Å². The fourth-order valence-corrected chi connectivity index (χ4v) is 2.05. The van der Waals surface area contributed by atoms with Crippen LogP contribution >= 0.6 is 54.5 Å². The van der Waals surface area contributed by atoms with Crippen molar-refractivity contribution < 1.29 is 4.39 Å². The van der Waals surface area contributed by atoms with Gasteiger partial charge in [-0.3, -0.25) is 0 Å². The maximum atomic E-state index is 12.7. The van der Waals surface area contributed by atoms with Crippen LogP contribution in [0.5, 0.6) is 0 Å². The SMILES string of the molecule is Fc1cc(Br)c(Br)cc1I. The van der Waals surface area contributed by atoms with E-state index < -0.39 is 0 Å². The molecule has 0 aliphatic carbocycles. The highest BCUT2D eigenvalue weighted by Crippen LogP contribution is 2.26. The van der Waals surface area contributed by atoms with Gasteiger partial charge in [-0.05, 0) is 66.6 Å². The van der Waals surface area contributed by atoms with Gasteiger partial charge in [-0.15, -0.1) is 0 Å². The predicted octanol–water partition coefficient (Wildman–Crippen LogP) is 3.96. The third kappa shape index (κ3) is 1.92. The van der Waals surface area contributed by atoms with Crippen LogP contribution in [-0.4, -0.2) is 0 Å². The van der Waals surface area contributed by atoms with E-state index in [4.69, 9.17) is 0 Å². The van der Waals surface area contributed by atoms with Gasteiger partial charge >= 0.3 is 0 Å². The molecule has 0 nitrogen and oxygen atoms in total. The summed E-state index contributed by atoms with van der Waals surface area (Å²) in [6.45, 7) is 0. The molecule has 0 saturated heterocycles. The molecular weight excluding hydrogens is 378 g/mol. The first-order valence-electron chi connectivity index (χ1n) is 2.41. The summed E-state index contributed by atoms with van der Waals surface area (Å²) in [7, 11) is 0. The Morgan fingerprint density at radius 3 is 2.20 bits per heavy atom. The monoisotopic (exact) mass is 378 g/mol. The molecule has 0 N–H and O–H groups in total. The van der Waals surface area contributed by atoms with Crippen LogP contribution in [0.2, 0.25) is 0 Å². The Hall–Kier alpha value is 0.840. The molecule has 0 aliphatic rings. The van der Waals surface area contributed by atoms with Gasteiger partial charge in [-0.1, -0.05) is 0 Å². The first-order valence-corrected chi connectivity index (χ1v) is 5.08. The number of benzene rings is 1. The lowest BCUT2D eigenvalue weighted by atomic mass is 10.4. The summed E-state index contributed by atoms with van der Waals surface area (Å²) in [6.07, 6.45) is 0. The Morgan fingerprint density at radius 1 is 1.20 bits per heavy atom. The second-order valence-electron chi connectivity index (χ2n) is 1.68. The summed E-state index contributed by atoms with van der Waals surface area (Å²) in [5.74, 6) is -0.198. The van der Waals surface area contributed by atoms with Crippen LogP contribution in [0.4, 0.5) is 4.39 Å². The third-order valence-corrected chi connectivity index (χ3v) is 3.63. The first-order chi connectivity index (χ1) is 4.61. The van der Waals surface area contributed by atoms with Gasteiger partial charge < -0.3 is 0 Å². The van der Waals surface area contributed by atoms with E-state index >= 15 is 0 Å². The summed E-state index contributed by atoms with van der Waals surface area (Å²) in [5.41, 5.74) is 0. The molecule has 0 amide bonds. The molecule has 1 aromatic carbocycles. The van der Waals surface area contributed by atoms with Gasteiger partial charge in [-0.2, -0.15) is 0 Å². The Balaban J connectivity index is 3.28. The van der Waals surface area contributed by atoms with Crippen LogP contribution < -0.4 is 0 Å². The lowest BCUT2D eigenvalue weighted by Crippen LogP contribution is -1.81. The molecule has 1 aromatic rings. The Labute approximate surface area is 88.6 Å². The minimum absolute atomic E-state index is 0.198. The maximum Gasteiger partial charge on any atom is 0.137 e. The zero-order chi connectivity index (χ0) is 7.72. The van der Waals surface area contributed by atoms with Crippen molar-refractivity contribution >= 4 is 54.5 Å². The second-order valence-corrected chi connectivity index (χ2v) is 4.55. The molecule has 0 saturated carbocycles. The maximum absolute atomic E-state index is 12.7. The van der Waals surface area contributed by atoms with Crippen LogP contribution in [0.15, 0.2) is 21.1 Å². The zero-order valence-corrected chi connectivity index (χ0v) is 10.00. The minimum atomic E-state index is -0.198. The van der Waals surface area contributed by atoms with Crippen molar-refractivity contribution in [1.29, 1.82) is 0 Å². The normalized spacial score (nSPS) is 10.0. The van der Waals surface area contributed by atoms with Crippen molar-refractivity contribution in [3.05, 3.63) is 30.5 Å². The van der Waals surface area contributed by atoms with Crippen molar-refractivity contribution in [1.82, 2.24) is 0 Å². The highest BCUT2D eigenvalue weighted by Gasteiger charge is 2.02. The molecule has 0 radical (unpaired) electrons. The smallest absolute Gasteiger partial charge is 0.137 e. The summed E-state index contributed by atoms with van der Waals surface area (Å²) < 4.78 is 14.9. The molecule has 0 aromatic heterocycles. The molecule has 10 heavy (non-hydrogen) atoms. The number of hydrogen-bond donors (Lipinski definition) is 0. The van der Waals surface area contributed by atoms with E-state index in [0.29, 0.717) is 3.57 Å². The molecular formula is C6H2Br2FI. The average Bonchev–Trinajstić information content (AvgIpc) is 1.84. The van der Waals surface area contributed by atoms with E-state index in [1.165, 1.54) is 6.07 Å². The van der Waals surface area contributed by atoms with Gasteiger partial charge in [0.05, 0.1) is 0 Å². The van der Waals surface area contributed by atoms with E-state index in [1.54, 1.807) is 6.07 Å². The molecule has 0 fully saturated rings. The summed E-state index contributed by atoms with van der Waals surface area (Å²) in [4.78, 5) is 0. The predicted molar refractivity (Wildman–Crippen MR) is 54.5 cm³/mol. The minimum Gasteiger partial charge on any atom is -0.206 e. The van der Waals surface area contributed by atoms with Crippen LogP contribution in [0.3, 0.4) is 0 Å². The van der Waals surface area contributed by atoms with Crippen LogP contribution in [0.1, 0.15) is 0 Å². The lowest BCUT2D eigenvalue weighted by molar-refractivity contribution is 0.619. The van der Waals surface area contributed by atoms with Gasteiger partial charge in [0.15, 0.2) is 0 Å². The molecule has 0 bridgehead atoms. The van der Waals surface area contributed by atoms with Gasteiger partial charge in [0, 0.05) is 12.5 Å². The fraction of sp³-hybridized carbons (Fsp3) is 0. The third-order valence-electron chi connectivity index (χ3n) is 0.963. The summed E-state index contributed by atoms with van der Waals surface area (Å²) in [6, 6.07) is 3.16. The Bertz CT molecular complexity index is 212. The number of halogens is 4. The summed E-state index contributed by atoms with van der Waals surface area (Å²) in [5, 5.41) is 0. The first kappa shape index (κ1) is 8.93. The summed E-state index contributed by atoms with van der Waals surface area (Å²) >= 11 is 8.39. The van der Waals surface area contributed by atoms with Gasteiger partial charge in [-0.25, -0.2) is 4.39 Å². The largest absolute Gasteiger partial charge is 0.206 e. The fourth-order valence-electron chi connectivity index (χ4n) is 0.498. The van der Waals surface area contributed by atoms with Gasteiger partial charge in [0.2, 0.25) is 0 Å². The molecule has 54 valence electrons. The number of hydrogen-bond acceptors (Lipinski definition) is 0. The van der Waals surface area contributed by atoms with E-state index in [2.05, 4.69) is 31.9 Å². The highest BCUT2D eigenvalue weighted by molar-refractivity contribution is 14.1. The Morgan fingerprint density at radius 2 is 1.70 bits per heavy atom. The molecule has 0 heterocycles. The highest BCUT2D eigenvalue weighted by atomic mass is 127. The quantitative estimate of drug-likeness (QED) is 0.473. The molecule has 0 aliphatic heterocycles. The average molecular weight is 380 g/mol. The van der Waals surface area contributed by atoms with Crippen LogP contribution in [0.25, 0.3) is 0 Å². The molecule has 0 spiro atoms. The standard InChI is InChI=1S/C6H2Br2FI/c7-3-1-5(9)6(10)2-4(3)8/h1-2H. The zero-order valence-electron chi connectivity index (χ0n) is 4.67. The van der Waals surface area contributed by atoms with Crippen molar-refractivity contribution in [2.75, 3.05) is 0 Å². The molecule has 1 rings (SSSR count). The van der Waals surface area contributed by atoms with Crippen molar-refractivity contribution in [2.45, 2.75) is 0 Å². The van der Waals surface area contributed by atoms with Gasteiger partial charge in [0.25, 0.3) is 0 Å². The van der Waals surface area contributed by atoms with Crippen molar-refractivity contribution in [2.24, 2.45) is 0 Å². The van der Waals surface area contributed by atoms with E-state index in [1.807, 2.05) is 22.6 Å². The number of rotatable bonds is 0. The van der Waals surface area contributed by atoms with Crippen LogP contribution in [-0.2, 0) is 0 Å². The van der Waals surface area contributed by atoms with E-state index in [9.17, 15) is 4.39 Å². The van der Waals surface area contributed by atoms with E-state index in [0.717, 1.165) is 8.95 Å². The topological polar surface area (TPSA) is 0 Å².